The molecule has 0 bridgehead atoms. The summed E-state index contributed by atoms with van der Waals surface area (Å²) in [6.07, 6.45) is 0.914. The van der Waals surface area contributed by atoms with Gasteiger partial charge in [0.1, 0.15) is 0 Å². The number of aromatic nitrogens is 3. The number of halogens is 3. The molecule has 33 heavy (non-hydrogen) atoms. The van der Waals surface area contributed by atoms with Gasteiger partial charge < -0.3 is 10.0 Å². The lowest BCUT2D eigenvalue weighted by Crippen LogP contribution is -2.26. The van der Waals surface area contributed by atoms with Crippen LogP contribution in [0.4, 0.5) is 13.2 Å². The molecule has 1 aliphatic heterocycles. The van der Waals surface area contributed by atoms with Gasteiger partial charge in [-0.2, -0.15) is 13.2 Å². The lowest BCUT2D eigenvalue weighted by atomic mass is 10.0. The summed E-state index contributed by atoms with van der Waals surface area (Å²) in [7, 11) is 0. The van der Waals surface area contributed by atoms with Crippen molar-refractivity contribution in [3.63, 3.8) is 0 Å². The zero-order chi connectivity index (χ0) is 24.2. The minimum absolute atomic E-state index is 0.0451. The first-order valence-corrected chi connectivity index (χ1v) is 9.98. The van der Waals surface area contributed by atoms with Crippen molar-refractivity contribution in [1.82, 2.24) is 19.9 Å². The molecule has 1 aliphatic rings. The summed E-state index contributed by atoms with van der Waals surface area (Å²) in [6.45, 7) is 5.26. The smallest absolute Gasteiger partial charge is 0.475 e. The molecule has 10 heteroatoms. The van der Waals surface area contributed by atoms with Crippen LogP contribution in [-0.4, -0.2) is 49.6 Å². The zero-order valence-corrected chi connectivity index (χ0v) is 17.9. The van der Waals surface area contributed by atoms with E-state index in [-0.39, 0.29) is 5.91 Å². The van der Waals surface area contributed by atoms with Crippen molar-refractivity contribution in [1.29, 1.82) is 0 Å². The van der Waals surface area contributed by atoms with Crippen LogP contribution in [0.2, 0.25) is 0 Å². The Morgan fingerprint density at radius 1 is 1.09 bits per heavy atom. The average molecular weight is 458 g/mol. The fourth-order valence-electron chi connectivity index (χ4n) is 3.30. The summed E-state index contributed by atoms with van der Waals surface area (Å²) in [5.74, 6) is -2.71. The minimum atomic E-state index is -5.08. The number of aryl methyl sites for hydroxylation is 2. The number of aliphatic carboxylic acids is 1. The second-order valence-electron chi connectivity index (χ2n) is 7.40. The maximum Gasteiger partial charge on any atom is 0.490 e. The van der Waals surface area contributed by atoms with E-state index in [1.54, 1.807) is 18.6 Å². The molecule has 0 aliphatic carbocycles. The van der Waals surface area contributed by atoms with Crippen LogP contribution < -0.4 is 0 Å². The van der Waals surface area contributed by atoms with Gasteiger partial charge >= 0.3 is 12.1 Å². The summed E-state index contributed by atoms with van der Waals surface area (Å²) < 4.78 is 31.7. The highest BCUT2D eigenvalue weighted by Crippen LogP contribution is 2.31. The zero-order valence-electron chi connectivity index (χ0n) is 17.9. The topological polar surface area (TPSA) is 96.3 Å². The maximum absolute atomic E-state index is 13.0. The number of amides is 1. The Bertz CT molecular complexity index is 1170. The average Bonchev–Trinajstić information content (AvgIpc) is 3.11. The monoisotopic (exact) mass is 458 g/mol. The molecule has 0 atom stereocenters. The Balaban J connectivity index is 0.000000383. The maximum atomic E-state index is 13.0. The predicted octanol–water partition coefficient (Wildman–Crippen LogP) is 3.99. The molecule has 3 aromatic heterocycles. The first-order chi connectivity index (χ1) is 15.6. The summed E-state index contributed by atoms with van der Waals surface area (Å²) in [5.41, 5.74) is 6.71. The van der Waals surface area contributed by atoms with Crippen LogP contribution in [0.25, 0.3) is 11.1 Å². The number of pyridine rings is 3. The largest absolute Gasteiger partial charge is 0.490 e. The van der Waals surface area contributed by atoms with E-state index in [9.17, 15) is 18.0 Å². The molecule has 7 nitrogen and oxygen atoms in total. The number of hydrogen-bond acceptors (Lipinski definition) is 5. The molecule has 0 unspecified atom stereocenters. The lowest BCUT2D eigenvalue weighted by molar-refractivity contribution is -0.192. The van der Waals surface area contributed by atoms with Gasteiger partial charge in [-0.25, -0.2) is 4.79 Å². The van der Waals surface area contributed by atoms with Crippen molar-refractivity contribution in [2.45, 2.75) is 33.0 Å². The van der Waals surface area contributed by atoms with Crippen molar-refractivity contribution in [2.24, 2.45) is 0 Å². The van der Waals surface area contributed by atoms with Crippen molar-refractivity contribution < 1.29 is 27.9 Å². The minimum Gasteiger partial charge on any atom is -0.475 e. The van der Waals surface area contributed by atoms with Gasteiger partial charge in [0.25, 0.3) is 5.91 Å². The quantitative estimate of drug-likeness (QED) is 0.635. The van der Waals surface area contributed by atoms with E-state index in [1.165, 1.54) is 5.56 Å². The van der Waals surface area contributed by atoms with E-state index in [4.69, 9.17) is 9.90 Å². The van der Waals surface area contributed by atoms with E-state index >= 15 is 0 Å². The Hall–Kier alpha value is -3.82. The number of carbonyl (C=O) groups excluding carboxylic acids is 1. The van der Waals surface area contributed by atoms with Crippen LogP contribution in [0.3, 0.4) is 0 Å². The molecule has 172 valence electrons. The molecule has 4 heterocycles. The number of fused-ring (bicyclic) bond motifs is 1. The van der Waals surface area contributed by atoms with Crippen molar-refractivity contribution in [3.8, 4) is 11.1 Å². The van der Waals surface area contributed by atoms with Crippen LogP contribution in [0.1, 0.15) is 33.0 Å². The lowest BCUT2D eigenvalue weighted by Gasteiger charge is -2.15. The third-order valence-corrected chi connectivity index (χ3v) is 5.15. The standard InChI is InChI=1S/C21H20N4O.C2HF3O2/c1-14-3-4-17(24-15(14)2)8-12-25-13-19-20(21(25)26)18(7-11-23-19)16-5-9-22-10-6-16;3-2(4,5)1(6)7/h3-7,9-11H,8,12-13H2,1-2H3;(H,6,7). The molecule has 0 saturated heterocycles. The number of nitrogens with zero attached hydrogens (tertiary/aromatic N) is 4. The third-order valence-electron chi connectivity index (χ3n) is 5.15. The second kappa shape index (κ2) is 9.76. The highest BCUT2D eigenvalue weighted by molar-refractivity contribution is 6.03. The van der Waals surface area contributed by atoms with Gasteiger partial charge in [-0.05, 0) is 54.8 Å². The fraction of sp³-hybridized carbons (Fsp3) is 0.261. The number of carboxylic acid groups (broad SMARTS) is 1. The van der Waals surface area contributed by atoms with E-state index in [1.807, 2.05) is 36.1 Å². The second-order valence-corrected chi connectivity index (χ2v) is 7.40. The SMILES string of the molecule is Cc1ccc(CCN2Cc3nccc(-c4ccncc4)c3C2=O)nc1C.O=C(O)C(F)(F)F. The molecule has 0 saturated carbocycles. The highest BCUT2D eigenvalue weighted by atomic mass is 19.4. The Kier molecular flexibility index (Phi) is 7.05. The van der Waals surface area contributed by atoms with Gasteiger partial charge in [-0.1, -0.05) is 6.07 Å². The van der Waals surface area contributed by atoms with Crippen LogP contribution in [0, 0.1) is 13.8 Å². The van der Waals surface area contributed by atoms with Crippen LogP contribution in [-0.2, 0) is 17.8 Å². The van der Waals surface area contributed by atoms with E-state index in [0.717, 1.165) is 34.6 Å². The number of hydrogen-bond donors (Lipinski definition) is 1. The molecular formula is C23H21F3N4O3. The molecule has 0 aromatic carbocycles. The molecule has 3 aromatic rings. The van der Waals surface area contributed by atoms with Crippen molar-refractivity contribution in [2.75, 3.05) is 6.54 Å². The Morgan fingerprint density at radius 2 is 1.76 bits per heavy atom. The van der Waals surface area contributed by atoms with E-state index < -0.39 is 12.1 Å². The number of carboxylic acids is 1. The van der Waals surface area contributed by atoms with Crippen LogP contribution in [0.15, 0.2) is 48.9 Å². The van der Waals surface area contributed by atoms with Gasteiger partial charge in [-0.3, -0.25) is 19.7 Å². The first-order valence-electron chi connectivity index (χ1n) is 9.98. The van der Waals surface area contributed by atoms with Gasteiger partial charge in [0.15, 0.2) is 0 Å². The predicted molar refractivity (Wildman–Crippen MR) is 113 cm³/mol. The fourth-order valence-corrected chi connectivity index (χ4v) is 3.30. The number of carbonyl (C=O) groups is 2. The van der Waals surface area contributed by atoms with E-state index in [2.05, 4.69) is 27.9 Å². The normalized spacial score (nSPS) is 12.8. The van der Waals surface area contributed by atoms with Gasteiger partial charge in [0.05, 0.1) is 17.8 Å². The number of rotatable bonds is 4. The molecule has 1 N–H and O–H groups in total. The summed E-state index contributed by atoms with van der Waals surface area (Å²) in [4.78, 5) is 36.8. The third kappa shape index (κ3) is 5.71. The molecule has 0 spiro atoms. The van der Waals surface area contributed by atoms with Gasteiger partial charge in [0.2, 0.25) is 0 Å². The van der Waals surface area contributed by atoms with Crippen molar-refractivity contribution in [3.05, 3.63) is 77.1 Å². The first kappa shape index (κ1) is 23.8. The summed E-state index contributed by atoms with van der Waals surface area (Å²) in [5, 5.41) is 7.12. The van der Waals surface area contributed by atoms with E-state index in [0.29, 0.717) is 18.7 Å². The summed E-state index contributed by atoms with van der Waals surface area (Å²) >= 11 is 0. The Morgan fingerprint density at radius 3 is 2.36 bits per heavy atom. The molecular weight excluding hydrogens is 437 g/mol. The van der Waals surface area contributed by atoms with Crippen molar-refractivity contribution >= 4 is 11.9 Å². The summed E-state index contributed by atoms with van der Waals surface area (Å²) in [6, 6.07) is 9.87. The molecule has 0 fully saturated rings. The van der Waals surface area contributed by atoms with Gasteiger partial charge in [0, 0.05) is 42.9 Å². The highest BCUT2D eigenvalue weighted by Gasteiger charge is 2.38. The van der Waals surface area contributed by atoms with Crippen LogP contribution in [0.5, 0.6) is 0 Å². The Labute approximate surface area is 187 Å². The molecule has 4 rings (SSSR count). The van der Waals surface area contributed by atoms with Crippen LogP contribution >= 0.6 is 0 Å². The number of alkyl halides is 3. The van der Waals surface area contributed by atoms with Gasteiger partial charge in [-0.15, -0.1) is 0 Å². The molecule has 1 amide bonds. The molecule has 0 radical (unpaired) electrons.